The summed E-state index contributed by atoms with van der Waals surface area (Å²) in [5.41, 5.74) is 1.09. The van der Waals surface area contributed by atoms with E-state index in [2.05, 4.69) is 5.32 Å². The molecule has 1 atom stereocenters. The lowest BCUT2D eigenvalue weighted by atomic mass is 9.98. The molecule has 1 unspecified atom stereocenters. The molecule has 1 nitrogen and oxygen atoms in total. The van der Waals surface area contributed by atoms with Crippen LogP contribution in [0.5, 0.6) is 0 Å². The van der Waals surface area contributed by atoms with Crippen LogP contribution in [0.15, 0.2) is 36.4 Å². The maximum Gasteiger partial charge on any atom is 0.126 e. The first kappa shape index (κ1) is 15.2. The molecule has 2 aromatic rings. The average Bonchev–Trinajstić information content (AvgIpc) is 2.40. The van der Waals surface area contributed by atoms with Gasteiger partial charge in [-0.3, -0.25) is 0 Å². The standard InChI is InChI=1S/C15H13Cl2F2N/c1-20-15(12-4-2-10(16)8-13(12)17)7-9-6-11(18)3-5-14(9)19/h2-6,8,15,20H,7H2,1H3. The van der Waals surface area contributed by atoms with E-state index in [9.17, 15) is 8.78 Å². The molecule has 0 radical (unpaired) electrons. The summed E-state index contributed by atoms with van der Waals surface area (Å²) in [5, 5.41) is 4.08. The molecular formula is C15H13Cl2F2N. The van der Waals surface area contributed by atoms with Crippen LogP contribution in [0.4, 0.5) is 8.78 Å². The lowest BCUT2D eigenvalue weighted by Gasteiger charge is -2.18. The predicted molar refractivity (Wildman–Crippen MR) is 78.3 cm³/mol. The minimum atomic E-state index is -0.460. The fourth-order valence-electron chi connectivity index (χ4n) is 2.07. The number of likely N-dealkylation sites (N-methyl/N-ethyl adjacent to an activating group) is 1. The van der Waals surface area contributed by atoms with Gasteiger partial charge in [-0.1, -0.05) is 29.3 Å². The highest BCUT2D eigenvalue weighted by molar-refractivity contribution is 6.35. The molecule has 0 aromatic heterocycles. The Hall–Kier alpha value is -1.16. The number of hydrogen-bond donors (Lipinski definition) is 1. The Bertz CT molecular complexity index is 617. The van der Waals surface area contributed by atoms with E-state index in [0.717, 1.165) is 17.7 Å². The van der Waals surface area contributed by atoms with Crippen molar-refractivity contribution in [2.24, 2.45) is 0 Å². The maximum absolute atomic E-state index is 13.7. The summed E-state index contributed by atoms with van der Waals surface area (Å²) in [6, 6.07) is 8.33. The molecule has 0 spiro atoms. The molecule has 0 aliphatic carbocycles. The Balaban J connectivity index is 2.31. The topological polar surface area (TPSA) is 12.0 Å². The van der Waals surface area contributed by atoms with Gasteiger partial charge < -0.3 is 5.32 Å². The van der Waals surface area contributed by atoms with Gasteiger partial charge >= 0.3 is 0 Å². The minimum Gasteiger partial charge on any atom is -0.313 e. The van der Waals surface area contributed by atoms with Crippen LogP contribution in [-0.2, 0) is 6.42 Å². The zero-order chi connectivity index (χ0) is 14.7. The van der Waals surface area contributed by atoms with Crippen molar-refractivity contribution in [1.29, 1.82) is 0 Å². The van der Waals surface area contributed by atoms with Gasteiger partial charge in [-0.15, -0.1) is 0 Å². The highest BCUT2D eigenvalue weighted by atomic mass is 35.5. The second kappa shape index (κ2) is 6.53. The molecule has 2 aromatic carbocycles. The molecule has 0 amide bonds. The molecule has 20 heavy (non-hydrogen) atoms. The van der Waals surface area contributed by atoms with E-state index in [-0.39, 0.29) is 6.04 Å². The maximum atomic E-state index is 13.7. The van der Waals surface area contributed by atoms with Crippen molar-refractivity contribution in [2.45, 2.75) is 12.5 Å². The Labute approximate surface area is 126 Å². The molecule has 0 aliphatic heterocycles. The van der Waals surface area contributed by atoms with E-state index in [0.29, 0.717) is 22.0 Å². The second-order valence-corrected chi connectivity index (χ2v) is 5.29. The molecular weight excluding hydrogens is 303 g/mol. The number of benzene rings is 2. The lowest BCUT2D eigenvalue weighted by molar-refractivity contribution is 0.544. The van der Waals surface area contributed by atoms with E-state index in [1.807, 2.05) is 0 Å². The van der Waals surface area contributed by atoms with Crippen LogP contribution in [0.25, 0.3) is 0 Å². The SMILES string of the molecule is CNC(Cc1cc(F)ccc1F)c1ccc(Cl)cc1Cl. The monoisotopic (exact) mass is 315 g/mol. The predicted octanol–water partition coefficient (Wildman–Crippen LogP) is 4.77. The first-order chi connectivity index (χ1) is 9.51. The lowest BCUT2D eigenvalue weighted by Crippen LogP contribution is -2.19. The van der Waals surface area contributed by atoms with Gasteiger partial charge in [0.15, 0.2) is 0 Å². The van der Waals surface area contributed by atoms with Crippen LogP contribution in [-0.4, -0.2) is 7.05 Å². The fourth-order valence-corrected chi connectivity index (χ4v) is 2.61. The molecule has 0 heterocycles. The summed E-state index contributed by atoms with van der Waals surface area (Å²) in [4.78, 5) is 0. The third kappa shape index (κ3) is 3.48. The summed E-state index contributed by atoms with van der Waals surface area (Å²) in [6.07, 6.45) is 0.293. The van der Waals surface area contributed by atoms with Gasteiger partial charge in [-0.2, -0.15) is 0 Å². The number of halogens is 4. The Kier molecular flexibility index (Phi) is 4.97. The van der Waals surface area contributed by atoms with Crippen LogP contribution < -0.4 is 5.32 Å². The van der Waals surface area contributed by atoms with Gasteiger partial charge in [-0.05, 0) is 54.9 Å². The van der Waals surface area contributed by atoms with Crippen molar-refractivity contribution in [3.8, 4) is 0 Å². The molecule has 0 bridgehead atoms. The Morgan fingerprint density at radius 2 is 1.85 bits per heavy atom. The van der Waals surface area contributed by atoms with Crippen LogP contribution in [0, 0.1) is 11.6 Å². The van der Waals surface area contributed by atoms with Gasteiger partial charge in [0.1, 0.15) is 11.6 Å². The summed E-state index contributed by atoms with van der Waals surface area (Å²) in [6.45, 7) is 0. The van der Waals surface area contributed by atoms with Gasteiger partial charge in [0, 0.05) is 16.1 Å². The normalized spacial score (nSPS) is 12.4. The van der Waals surface area contributed by atoms with Gasteiger partial charge in [0.05, 0.1) is 0 Å². The van der Waals surface area contributed by atoms with Crippen molar-refractivity contribution >= 4 is 23.2 Å². The zero-order valence-electron chi connectivity index (χ0n) is 10.8. The molecule has 0 saturated heterocycles. The van der Waals surface area contributed by atoms with Crippen LogP contribution >= 0.6 is 23.2 Å². The average molecular weight is 316 g/mol. The van der Waals surface area contributed by atoms with Crippen molar-refractivity contribution < 1.29 is 8.78 Å². The van der Waals surface area contributed by atoms with E-state index < -0.39 is 11.6 Å². The summed E-state index contributed by atoms with van der Waals surface area (Å²) in [7, 11) is 1.74. The van der Waals surface area contributed by atoms with Crippen LogP contribution in [0.2, 0.25) is 10.0 Å². The molecule has 0 fully saturated rings. The van der Waals surface area contributed by atoms with E-state index in [4.69, 9.17) is 23.2 Å². The number of rotatable bonds is 4. The molecule has 0 aliphatic rings. The fraction of sp³-hybridized carbons (Fsp3) is 0.200. The van der Waals surface area contributed by atoms with E-state index in [1.54, 1.807) is 25.2 Å². The van der Waals surface area contributed by atoms with Crippen molar-refractivity contribution in [3.05, 3.63) is 69.2 Å². The summed E-state index contributed by atoms with van der Waals surface area (Å²) >= 11 is 12.0. The van der Waals surface area contributed by atoms with Gasteiger partial charge in [0.2, 0.25) is 0 Å². The molecule has 5 heteroatoms. The van der Waals surface area contributed by atoms with Crippen molar-refractivity contribution in [2.75, 3.05) is 7.05 Å². The van der Waals surface area contributed by atoms with E-state index in [1.165, 1.54) is 6.07 Å². The number of nitrogens with one attached hydrogen (secondary N) is 1. The van der Waals surface area contributed by atoms with E-state index >= 15 is 0 Å². The highest BCUT2D eigenvalue weighted by Crippen LogP contribution is 2.29. The first-order valence-corrected chi connectivity index (χ1v) is 6.83. The second-order valence-electron chi connectivity index (χ2n) is 4.45. The molecule has 2 rings (SSSR count). The summed E-state index contributed by atoms with van der Waals surface area (Å²) < 4.78 is 26.9. The molecule has 0 saturated carbocycles. The summed E-state index contributed by atoms with van der Waals surface area (Å²) in [5.74, 6) is -0.893. The zero-order valence-corrected chi connectivity index (χ0v) is 12.3. The van der Waals surface area contributed by atoms with Gasteiger partial charge in [-0.25, -0.2) is 8.78 Å². The van der Waals surface area contributed by atoms with Gasteiger partial charge in [0.25, 0.3) is 0 Å². The Morgan fingerprint density at radius 3 is 2.50 bits per heavy atom. The van der Waals surface area contributed by atoms with Crippen molar-refractivity contribution in [3.63, 3.8) is 0 Å². The smallest absolute Gasteiger partial charge is 0.126 e. The quantitative estimate of drug-likeness (QED) is 0.856. The first-order valence-electron chi connectivity index (χ1n) is 6.07. The third-order valence-electron chi connectivity index (χ3n) is 3.12. The largest absolute Gasteiger partial charge is 0.313 e. The molecule has 106 valence electrons. The Morgan fingerprint density at radius 1 is 1.10 bits per heavy atom. The minimum absolute atomic E-state index is 0.226. The third-order valence-corrected chi connectivity index (χ3v) is 3.68. The number of hydrogen-bond acceptors (Lipinski definition) is 1. The van der Waals surface area contributed by atoms with Crippen LogP contribution in [0.3, 0.4) is 0 Å². The molecule has 1 N–H and O–H groups in total. The van der Waals surface area contributed by atoms with Crippen LogP contribution in [0.1, 0.15) is 17.2 Å². The van der Waals surface area contributed by atoms with Crippen molar-refractivity contribution in [1.82, 2.24) is 5.32 Å². The highest BCUT2D eigenvalue weighted by Gasteiger charge is 2.16.